The second kappa shape index (κ2) is 7.93. The Labute approximate surface area is 159 Å². The Morgan fingerprint density at radius 1 is 1.33 bits per heavy atom. The van der Waals surface area contributed by atoms with Crippen molar-refractivity contribution in [2.75, 3.05) is 18.9 Å². The minimum Gasteiger partial charge on any atom is -0.376 e. The summed E-state index contributed by atoms with van der Waals surface area (Å²) in [6, 6.07) is 11.0. The highest BCUT2D eigenvalue weighted by Crippen LogP contribution is 2.23. The molecule has 27 heavy (non-hydrogen) atoms. The summed E-state index contributed by atoms with van der Waals surface area (Å²) in [5.74, 6) is 0.475. The fourth-order valence-corrected chi connectivity index (χ4v) is 3.81. The first-order valence-electron chi connectivity index (χ1n) is 8.76. The average molecular weight is 385 g/mol. The molecule has 8 nitrogen and oxygen atoms in total. The summed E-state index contributed by atoms with van der Waals surface area (Å²) in [5, 5.41) is 11.6. The van der Waals surface area contributed by atoms with Gasteiger partial charge in [0.15, 0.2) is 5.16 Å². The van der Waals surface area contributed by atoms with E-state index < -0.39 is 0 Å². The Balaban J connectivity index is 1.52. The second-order valence-electron chi connectivity index (χ2n) is 6.25. The molecule has 1 unspecified atom stereocenters. The van der Waals surface area contributed by atoms with Crippen molar-refractivity contribution in [3.63, 3.8) is 0 Å². The number of fused-ring (bicyclic) bond motifs is 1. The Kier molecular flexibility index (Phi) is 5.21. The molecule has 0 aliphatic carbocycles. The lowest BCUT2D eigenvalue weighted by atomic mass is 10.1. The minimum absolute atomic E-state index is 0.0852. The Hall–Kier alpha value is -2.65. The lowest BCUT2D eigenvalue weighted by Gasteiger charge is -2.10. The number of carbonyl (C=O) groups excluding carboxylic acids is 1. The molecule has 3 aromatic rings. The van der Waals surface area contributed by atoms with Gasteiger partial charge in [0.2, 0.25) is 11.7 Å². The Morgan fingerprint density at radius 2 is 2.19 bits per heavy atom. The molecular formula is C18H19N5O3S. The lowest BCUT2D eigenvalue weighted by Crippen LogP contribution is -2.32. The molecule has 140 valence electrons. The zero-order valence-corrected chi connectivity index (χ0v) is 15.4. The van der Waals surface area contributed by atoms with E-state index in [9.17, 15) is 9.59 Å². The first-order valence-corrected chi connectivity index (χ1v) is 9.74. The van der Waals surface area contributed by atoms with E-state index in [4.69, 9.17) is 4.74 Å². The van der Waals surface area contributed by atoms with Crippen molar-refractivity contribution in [3.05, 3.63) is 46.8 Å². The molecule has 3 heterocycles. The van der Waals surface area contributed by atoms with Crippen LogP contribution in [0.3, 0.4) is 0 Å². The molecule has 1 fully saturated rings. The van der Waals surface area contributed by atoms with E-state index in [0.29, 0.717) is 23.2 Å². The number of ether oxygens (including phenoxy) is 1. The van der Waals surface area contributed by atoms with Gasteiger partial charge in [-0.3, -0.25) is 19.0 Å². The van der Waals surface area contributed by atoms with Crippen LogP contribution in [0.5, 0.6) is 0 Å². The molecule has 0 saturated carbocycles. The molecule has 9 heteroatoms. The maximum Gasteiger partial charge on any atom is 0.252 e. The number of carbonyl (C=O) groups is 1. The number of amides is 1. The number of nitrogens with one attached hydrogen (secondary N) is 2. The van der Waals surface area contributed by atoms with Gasteiger partial charge in [-0.25, -0.2) is 0 Å². The van der Waals surface area contributed by atoms with E-state index >= 15 is 0 Å². The fourth-order valence-electron chi connectivity index (χ4n) is 3.03. The Bertz CT molecular complexity index is 995. The molecule has 1 amide bonds. The van der Waals surface area contributed by atoms with Gasteiger partial charge in [-0.1, -0.05) is 42.1 Å². The Morgan fingerprint density at radius 3 is 2.96 bits per heavy atom. The van der Waals surface area contributed by atoms with Crippen molar-refractivity contribution >= 4 is 23.4 Å². The summed E-state index contributed by atoms with van der Waals surface area (Å²) in [7, 11) is 0. The van der Waals surface area contributed by atoms with Crippen molar-refractivity contribution in [2.24, 2.45) is 0 Å². The van der Waals surface area contributed by atoms with E-state index in [0.717, 1.165) is 25.0 Å². The molecule has 0 spiro atoms. The van der Waals surface area contributed by atoms with Crippen molar-refractivity contribution < 1.29 is 9.53 Å². The van der Waals surface area contributed by atoms with Gasteiger partial charge in [-0.2, -0.15) is 0 Å². The van der Waals surface area contributed by atoms with E-state index in [1.807, 2.05) is 30.3 Å². The molecule has 2 aromatic heterocycles. The maximum atomic E-state index is 12.1. The van der Waals surface area contributed by atoms with Crippen LogP contribution in [-0.4, -0.2) is 50.5 Å². The van der Waals surface area contributed by atoms with Crippen LogP contribution in [0, 0.1) is 0 Å². The molecule has 0 radical (unpaired) electrons. The highest BCUT2D eigenvalue weighted by atomic mass is 32.2. The fraction of sp³-hybridized carbons (Fsp3) is 0.333. The van der Waals surface area contributed by atoms with Gasteiger partial charge in [0, 0.05) is 19.2 Å². The number of hydrogen-bond acceptors (Lipinski definition) is 6. The third kappa shape index (κ3) is 4.04. The standard InChI is InChI=1S/C18H19N5O3S/c24-15-9-14(12-5-2-1-3-6-12)23-17(20-15)21-22-18(23)27-11-16(25)19-10-13-7-4-8-26-13/h1-3,5-6,9,13H,4,7-8,10-11H2,(H,19,25)(H,20,21,24). The van der Waals surface area contributed by atoms with Crippen LogP contribution >= 0.6 is 11.8 Å². The minimum atomic E-state index is -0.250. The number of hydrogen-bond donors (Lipinski definition) is 2. The van der Waals surface area contributed by atoms with Crippen LogP contribution in [0.1, 0.15) is 12.8 Å². The van der Waals surface area contributed by atoms with E-state index in [2.05, 4.69) is 20.5 Å². The molecule has 4 rings (SSSR count). The van der Waals surface area contributed by atoms with Gasteiger partial charge in [-0.15, -0.1) is 10.2 Å². The topological polar surface area (TPSA) is 101 Å². The monoisotopic (exact) mass is 385 g/mol. The van der Waals surface area contributed by atoms with Crippen molar-refractivity contribution in [2.45, 2.75) is 24.1 Å². The SMILES string of the molecule is O=C(CSc1nnc2[nH]c(=O)cc(-c3ccccc3)n12)NCC1CCCO1. The molecule has 1 atom stereocenters. The number of nitrogens with zero attached hydrogens (tertiary/aromatic N) is 3. The number of aromatic amines is 1. The summed E-state index contributed by atoms with van der Waals surface area (Å²) in [6.07, 6.45) is 2.14. The summed E-state index contributed by atoms with van der Waals surface area (Å²) in [5.41, 5.74) is 1.30. The highest BCUT2D eigenvalue weighted by Gasteiger charge is 2.17. The van der Waals surface area contributed by atoms with Crippen LogP contribution < -0.4 is 10.9 Å². The predicted octanol–water partition coefficient (Wildman–Crippen LogP) is 1.47. The third-order valence-electron chi connectivity index (χ3n) is 4.33. The van der Waals surface area contributed by atoms with E-state index in [-0.39, 0.29) is 23.3 Å². The van der Waals surface area contributed by atoms with E-state index in [1.165, 1.54) is 17.8 Å². The van der Waals surface area contributed by atoms with Crippen LogP contribution in [-0.2, 0) is 9.53 Å². The third-order valence-corrected chi connectivity index (χ3v) is 5.26. The van der Waals surface area contributed by atoms with Crippen LogP contribution in [0.15, 0.2) is 46.3 Å². The zero-order chi connectivity index (χ0) is 18.6. The largest absolute Gasteiger partial charge is 0.376 e. The highest BCUT2D eigenvalue weighted by molar-refractivity contribution is 7.99. The molecule has 1 aliphatic heterocycles. The summed E-state index contributed by atoms with van der Waals surface area (Å²) < 4.78 is 7.26. The average Bonchev–Trinajstić information content (AvgIpc) is 3.34. The second-order valence-corrected chi connectivity index (χ2v) is 7.20. The normalized spacial score (nSPS) is 16.7. The van der Waals surface area contributed by atoms with Crippen molar-refractivity contribution in [1.82, 2.24) is 24.9 Å². The van der Waals surface area contributed by atoms with Gasteiger partial charge in [0.25, 0.3) is 5.56 Å². The molecule has 1 aliphatic rings. The first kappa shape index (κ1) is 17.7. The smallest absolute Gasteiger partial charge is 0.252 e. The number of aromatic nitrogens is 4. The predicted molar refractivity (Wildman–Crippen MR) is 102 cm³/mol. The molecule has 0 bridgehead atoms. The van der Waals surface area contributed by atoms with Gasteiger partial charge < -0.3 is 10.1 Å². The van der Waals surface area contributed by atoms with Gasteiger partial charge in [-0.05, 0) is 18.4 Å². The van der Waals surface area contributed by atoms with E-state index in [1.54, 1.807) is 4.40 Å². The van der Waals surface area contributed by atoms with Crippen molar-refractivity contribution in [1.29, 1.82) is 0 Å². The lowest BCUT2D eigenvalue weighted by molar-refractivity contribution is -0.119. The van der Waals surface area contributed by atoms with Gasteiger partial charge >= 0.3 is 0 Å². The molecule has 1 saturated heterocycles. The number of rotatable bonds is 6. The van der Waals surface area contributed by atoms with Crippen LogP contribution in [0.2, 0.25) is 0 Å². The summed E-state index contributed by atoms with van der Waals surface area (Å²) in [6.45, 7) is 1.30. The molecule has 2 N–H and O–H groups in total. The first-order chi connectivity index (χ1) is 13.2. The van der Waals surface area contributed by atoms with Crippen LogP contribution in [0.4, 0.5) is 0 Å². The van der Waals surface area contributed by atoms with Gasteiger partial charge in [0.1, 0.15) is 0 Å². The molecular weight excluding hydrogens is 366 g/mol. The summed E-state index contributed by atoms with van der Waals surface area (Å²) in [4.78, 5) is 26.8. The summed E-state index contributed by atoms with van der Waals surface area (Å²) >= 11 is 1.28. The quantitative estimate of drug-likeness (QED) is 0.623. The van der Waals surface area contributed by atoms with Gasteiger partial charge in [0.05, 0.1) is 17.6 Å². The molecule has 1 aromatic carbocycles. The number of benzene rings is 1. The number of H-pyrrole nitrogens is 1. The zero-order valence-electron chi connectivity index (χ0n) is 14.6. The number of thioether (sulfide) groups is 1. The maximum absolute atomic E-state index is 12.1. The van der Waals surface area contributed by atoms with Crippen molar-refractivity contribution in [3.8, 4) is 11.3 Å². The van der Waals surface area contributed by atoms with Crippen LogP contribution in [0.25, 0.3) is 17.0 Å².